The molecule has 8 atom stereocenters. The minimum atomic E-state index is -1.96. The van der Waals surface area contributed by atoms with Gasteiger partial charge in [0, 0.05) is 73.6 Å². The van der Waals surface area contributed by atoms with E-state index in [4.69, 9.17) is 9.15 Å². The van der Waals surface area contributed by atoms with Crippen molar-refractivity contribution in [3.8, 4) is 5.75 Å². The summed E-state index contributed by atoms with van der Waals surface area (Å²) in [6.07, 6.45) is 11.4. The molecule has 1 heterocycles. The normalized spacial score (nSPS) is 31.7. The van der Waals surface area contributed by atoms with Crippen LogP contribution in [-0.2, 0) is 9.53 Å². The van der Waals surface area contributed by atoms with Gasteiger partial charge in [0.2, 0.25) is 0 Å². The molecule has 0 radical (unpaired) electrons. The van der Waals surface area contributed by atoms with Gasteiger partial charge in [-0.1, -0.05) is 91.2 Å². The molecule has 2 amide bonds. The molecule has 4 aliphatic rings. The molecule has 324 valence electrons. The lowest BCUT2D eigenvalue weighted by molar-refractivity contribution is -0.223. The van der Waals surface area contributed by atoms with Crippen LogP contribution < -0.4 is 5.63 Å². The summed E-state index contributed by atoms with van der Waals surface area (Å²) >= 11 is 0. The summed E-state index contributed by atoms with van der Waals surface area (Å²) in [5, 5.41) is 57.1. The average molecular weight is 821 g/mol. The van der Waals surface area contributed by atoms with Crippen molar-refractivity contribution in [3.05, 3.63) is 63.5 Å². The van der Waals surface area contributed by atoms with Crippen LogP contribution in [0.2, 0.25) is 0 Å². The second-order valence-electron chi connectivity index (χ2n) is 18.6. The van der Waals surface area contributed by atoms with Gasteiger partial charge in [-0.25, -0.2) is 9.59 Å². The van der Waals surface area contributed by atoms with Gasteiger partial charge < -0.3 is 44.5 Å². The summed E-state index contributed by atoms with van der Waals surface area (Å²) in [6.45, 7) is 9.62. The predicted molar refractivity (Wildman–Crippen MR) is 222 cm³/mol. The van der Waals surface area contributed by atoms with Gasteiger partial charge in [-0.05, 0) is 49.1 Å². The maximum atomic E-state index is 13.7. The molecular formula is C46H64N2O11. The summed E-state index contributed by atoms with van der Waals surface area (Å²) in [5.41, 5.74) is -6.63. The highest BCUT2D eigenvalue weighted by Crippen LogP contribution is 2.84. The second kappa shape index (κ2) is 16.4. The van der Waals surface area contributed by atoms with E-state index < -0.39 is 75.6 Å². The molecule has 2 aromatic rings. The van der Waals surface area contributed by atoms with Crippen LogP contribution in [0.15, 0.2) is 56.8 Å². The number of Topliss-reactive ketones (excluding diaryl/α,β-unsaturated/α-hetero) is 1. The number of ketones is 1. The number of amides is 2. The maximum absolute atomic E-state index is 13.7. The van der Waals surface area contributed by atoms with Crippen LogP contribution in [0.1, 0.15) is 116 Å². The van der Waals surface area contributed by atoms with Crippen molar-refractivity contribution in [2.24, 2.45) is 28.6 Å². The summed E-state index contributed by atoms with van der Waals surface area (Å²) < 4.78 is 11.6. The van der Waals surface area contributed by atoms with Crippen LogP contribution >= 0.6 is 0 Å². The smallest absolute Gasteiger partial charge is 0.410 e. The monoisotopic (exact) mass is 820 g/mol. The number of nitrogens with zero attached hydrogens (tertiary/aromatic N) is 2. The Morgan fingerprint density at radius 3 is 2.03 bits per heavy atom. The van der Waals surface area contributed by atoms with E-state index in [2.05, 4.69) is 0 Å². The van der Waals surface area contributed by atoms with Crippen LogP contribution in [0.25, 0.3) is 11.0 Å². The van der Waals surface area contributed by atoms with Crippen molar-refractivity contribution in [3.63, 3.8) is 0 Å². The number of carbonyl (C=O) groups excluding carboxylic acids is 3. The molecule has 4 aliphatic carbocycles. The number of hydrogen-bond donors (Lipinski definition) is 5. The molecule has 13 heteroatoms. The van der Waals surface area contributed by atoms with E-state index in [9.17, 15) is 44.7 Å². The number of unbranched alkanes of at least 4 members (excludes halogenated alkanes) is 9. The van der Waals surface area contributed by atoms with Gasteiger partial charge in [-0.2, -0.15) is 0 Å². The second-order valence-corrected chi connectivity index (χ2v) is 18.6. The van der Waals surface area contributed by atoms with Crippen molar-refractivity contribution in [2.45, 2.75) is 128 Å². The third kappa shape index (κ3) is 7.13. The molecule has 1 aromatic heterocycles. The van der Waals surface area contributed by atoms with Crippen LogP contribution in [0.3, 0.4) is 0 Å². The number of aliphatic hydroxyl groups is 4. The minimum absolute atomic E-state index is 0.0174. The van der Waals surface area contributed by atoms with Crippen molar-refractivity contribution < 1.29 is 49.1 Å². The number of hydrogen-bond acceptors (Lipinski definition) is 11. The number of aromatic hydroxyl groups is 1. The van der Waals surface area contributed by atoms with Gasteiger partial charge in [0.05, 0.1) is 12.2 Å². The molecule has 6 rings (SSSR count). The Morgan fingerprint density at radius 2 is 1.44 bits per heavy atom. The zero-order chi connectivity index (χ0) is 43.3. The van der Waals surface area contributed by atoms with Crippen molar-refractivity contribution >= 4 is 28.8 Å². The molecule has 2 saturated carbocycles. The first-order chi connectivity index (χ1) is 27.7. The number of benzene rings is 1. The lowest BCUT2D eigenvalue weighted by atomic mass is 9.55. The molecule has 0 saturated heterocycles. The van der Waals surface area contributed by atoms with Crippen LogP contribution in [0.4, 0.5) is 4.79 Å². The lowest BCUT2D eigenvalue weighted by Gasteiger charge is -2.54. The number of carbonyl (C=O) groups is 3. The van der Waals surface area contributed by atoms with E-state index in [1.54, 1.807) is 56.0 Å². The number of fused-ring (bicyclic) bond motifs is 6. The topological polar surface area (TPSA) is 198 Å². The fourth-order valence-electron chi connectivity index (χ4n) is 11.2. The van der Waals surface area contributed by atoms with Gasteiger partial charge in [-0.3, -0.25) is 9.59 Å². The molecule has 0 unspecified atom stereocenters. The molecular weight excluding hydrogens is 757 g/mol. The van der Waals surface area contributed by atoms with Gasteiger partial charge in [0.1, 0.15) is 28.6 Å². The fraction of sp³-hybridized carbons (Fsp3) is 0.652. The van der Waals surface area contributed by atoms with Crippen LogP contribution in [0, 0.1) is 28.6 Å². The van der Waals surface area contributed by atoms with Gasteiger partial charge in [-0.15, -0.1) is 0 Å². The fourth-order valence-corrected chi connectivity index (χ4v) is 11.2. The number of rotatable bonds is 16. The Balaban J connectivity index is 0.913. The Bertz CT molecular complexity index is 2070. The zero-order valence-electron chi connectivity index (χ0n) is 35.8. The number of ether oxygens (including phenoxy) is 1. The third-order valence-corrected chi connectivity index (χ3v) is 15.1. The zero-order valence-corrected chi connectivity index (χ0v) is 35.8. The Labute approximate surface area is 346 Å². The molecule has 59 heavy (non-hydrogen) atoms. The molecule has 1 aromatic carbocycles. The molecule has 13 nitrogen and oxygen atoms in total. The van der Waals surface area contributed by atoms with Crippen LogP contribution in [0.5, 0.6) is 5.75 Å². The summed E-state index contributed by atoms with van der Waals surface area (Å²) in [5.74, 6) is -3.56. The average Bonchev–Trinajstić information content (AvgIpc) is 3.51. The van der Waals surface area contributed by atoms with E-state index >= 15 is 0 Å². The van der Waals surface area contributed by atoms with Crippen LogP contribution in [-0.4, -0.2) is 110 Å². The predicted octanol–water partition coefficient (Wildman–Crippen LogP) is 5.88. The minimum Gasteiger partial charge on any atom is -0.508 e. The van der Waals surface area contributed by atoms with E-state index in [0.717, 1.165) is 64.2 Å². The quantitative estimate of drug-likeness (QED) is 0.0770. The van der Waals surface area contributed by atoms with Gasteiger partial charge in [0.25, 0.3) is 5.91 Å². The molecule has 0 aliphatic heterocycles. The number of aliphatic hydroxyl groups excluding tert-OH is 2. The summed E-state index contributed by atoms with van der Waals surface area (Å²) in [7, 11) is 3.37. The maximum Gasteiger partial charge on any atom is 0.410 e. The highest BCUT2D eigenvalue weighted by molar-refractivity contribution is 6.05. The van der Waals surface area contributed by atoms with Gasteiger partial charge in [0.15, 0.2) is 11.4 Å². The lowest BCUT2D eigenvalue weighted by Crippen LogP contribution is -2.67. The molecule has 2 fully saturated rings. The highest BCUT2D eigenvalue weighted by atomic mass is 16.6. The molecule has 5 N–H and O–H groups in total. The SMILES string of the molecule is CC1=C[C@H]2[C@@]3(O)[C@H](C)[C@@H](O)[C@@]4(OC(=O)N(C)CCCCCCCCCCCCN(C)C(=O)c5cc6ccc(O)cc6oc5=O)C(C)(C)[C@@]4(C)[C@@H]3C=C(CO)C[C@]2(O)C1=O. The van der Waals surface area contributed by atoms with E-state index in [0.29, 0.717) is 29.6 Å². The van der Waals surface area contributed by atoms with E-state index in [-0.39, 0.29) is 29.2 Å². The first-order valence-electron chi connectivity index (χ1n) is 21.4. The summed E-state index contributed by atoms with van der Waals surface area (Å²) in [6, 6.07) is 5.94. The first kappa shape index (κ1) is 44.5. The standard InChI is InChI=1S/C46H64N2O11/c1-28-22-36-44(56,37(28)51)26-30(27-49)23-35-43(5)42(3,4)46(43,38(52)29(2)45(35,36)57)59-41(55)48(7)21-17-15-13-11-9-8-10-12-14-16-20-47(6)39(53)33-24-31-18-19-32(50)25-34(31)58-40(33)54/h18-19,22-25,29,35-36,38,49-50,52,56-57H,8-17,20-21,26-27H2,1-7H3/t29-,35+,36-,38-,43-,44-,45-,46-/m1/s1. The van der Waals surface area contributed by atoms with Crippen molar-refractivity contribution in [1.82, 2.24) is 9.80 Å². The third-order valence-electron chi connectivity index (χ3n) is 15.1. The highest BCUT2D eigenvalue weighted by Gasteiger charge is 2.93. The van der Waals surface area contributed by atoms with Crippen molar-refractivity contribution in [1.29, 1.82) is 0 Å². The van der Waals surface area contributed by atoms with Gasteiger partial charge >= 0.3 is 11.7 Å². The molecule has 0 spiro atoms. The first-order valence-corrected chi connectivity index (χ1v) is 21.4. The Hall–Kier alpha value is -4.04. The number of phenolic OH excluding ortho intramolecular Hbond substituents is 1. The number of phenols is 1. The van der Waals surface area contributed by atoms with Crippen molar-refractivity contribution in [2.75, 3.05) is 33.8 Å². The summed E-state index contributed by atoms with van der Waals surface area (Å²) in [4.78, 5) is 55.4. The largest absolute Gasteiger partial charge is 0.508 e. The van der Waals surface area contributed by atoms with E-state index in [1.165, 1.54) is 18.2 Å². The Kier molecular flexibility index (Phi) is 12.4. The Morgan fingerprint density at radius 1 is 0.864 bits per heavy atom. The van der Waals surface area contributed by atoms with E-state index in [1.807, 2.05) is 20.8 Å². The molecule has 0 bridgehead atoms.